The van der Waals surface area contributed by atoms with Crippen LogP contribution in [0.15, 0.2) is 23.0 Å². The van der Waals surface area contributed by atoms with Crippen LogP contribution in [0.1, 0.15) is 50.5 Å². The molecule has 1 aromatic rings. The molecule has 2 nitrogen and oxygen atoms in total. The monoisotopic (exact) mass is 220 g/mol. The molecule has 2 rings (SSSR count). The predicted octanol–water partition coefficient (Wildman–Crippen LogP) is 3.75. The van der Waals surface area contributed by atoms with Crippen LogP contribution >= 0.6 is 0 Å². The zero-order valence-corrected chi connectivity index (χ0v) is 9.78. The van der Waals surface area contributed by atoms with Crippen molar-refractivity contribution in [1.29, 1.82) is 0 Å². The molecule has 0 spiro atoms. The first-order valence-electron chi connectivity index (χ1n) is 6.37. The molecule has 1 aliphatic rings. The van der Waals surface area contributed by atoms with Crippen LogP contribution in [0.2, 0.25) is 0 Å². The third-order valence-electron chi connectivity index (χ3n) is 3.54. The summed E-state index contributed by atoms with van der Waals surface area (Å²) < 4.78 is 4.96. The molecule has 2 heteroatoms. The first-order valence-corrected chi connectivity index (χ1v) is 6.37. The van der Waals surface area contributed by atoms with Crippen LogP contribution < -0.4 is 0 Å². The third kappa shape index (κ3) is 3.51. The van der Waals surface area contributed by atoms with Gasteiger partial charge < -0.3 is 4.42 Å². The molecule has 16 heavy (non-hydrogen) atoms. The van der Waals surface area contributed by atoms with E-state index in [0.717, 1.165) is 24.3 Å². The molecule has 0 unspecified atom stereocenters. The molecule has 0 radical (unpaired) electrons. The van der Waals surface area contributed by atoms with Gasteiger partial charge in [0, 0.05) is 12.8 Å². The zero-order chi connectivity index (χ0) is 11.2. The molecule has 0 atom stereocenters. The first kappa shape index (κ1) is 11.4. The summed E-state index contributed by atoms with van der Waals surface area (Å²) in [6, 6.07) is 1.87. The average molecular weight is 220 g/mol. The van der Waals surface area contributed by atoms with E-state index in [-0.39, 0.29) is 0 Å². The number of ketones is 1. The topological polar surface area (TPSA) is 30.2 Å². The highest BCUT2D eigenvalue weighted by molar-refractivity contribution is 5.80. The van der Waals surface area contributed by atoms with Gasteiger partial charge >= 0.3 is 0 Å². The largest absolute Gasteiger partial charge is 0.472 e. The van der Waals surface area contributed by atoms with E-state index < -0.39 is 0 Å². The van der Waals surface area contributed by atoms with Gasteiger partial charge in [-0.3, -0.25) is 4.79 Å². The van der Waals surface area contributed by atoms with Crippen molar-refractivity contribution in [1.82, 2.24) is 0 Å². The summed E-state index contributed by atoms with van der Waals surface area (Å²) in [6.45, 7) is 0. The van der Waals surface area contributed by atoms with Gasteiger partial charge in [-0.25, -0.2) is 0 Å². The van der Waals surface area contributed by atoms with Crippen molar-refractivity contribution in [3.63, 3.8) is 0 Å². The van der Waals surface area contributed by atoms with E-state index in [1.165, 1.54) is 32.1 Å². The van der Waals surface area contributed by atoms with Gasteiger partial charge in [0.1, 0.15) is 5.78 Å². The fraction of sp³-hybridized carbons (Fsp3) is 0.643. The summed E-state index contributed by atoms with van der Waals surface area (Å²) in [5, 5.41) is 0. The highest BCUT2D eigenvalue weighted by atomic mass is 16.3. The third-order valence-corrected chi connectivity index (χ3v) is 3.54. The van der Waals surface area contributed by atoms with E-state index >= 15 is 0 Å². The Morgan fingerprint density at radius 1 is 1.31 bits per heavy atom. The summed E-state index contributed by atoms with van der Waals surface area (Å²) >= 11 is 0. The summed E-state index contributed by atoms with van der Waals surface area (Å²) in [6.07, 6.45) is 12.5. The molecule has 0 amide bonds. The second kappa shape index (κ2) is 5.88. The van der Waals surface area contributed by atoms with Crippen LogP contribution in [-0.4, -0.2) is 5.78 Å². The van der Waals surface area contributed by atoms with Crippen molar-refractivity contribution < 1.29 is 9.21 Å². The van der Waals surface area contributed by atoms with Crippen molar-refractivity contribution in [3.05, 3.63) is 24.2 Å². The van der Waals surface area contributed by atoms with Gasteiger partial charge in [-0.1, -0.05) is 32.1 Å². The molecule has 1 aromatic heterocycles. The second-order valence-electron chi connectivity index (χ2n) is 4.89. The zero-order valence-electron chi connectivity index (χ0n) is 9.78. The summed E-state index contributed by atoms with van der Waals surface area (Å²) in [5.74, 6) is 1.16. The van der Waals surface area contributed by atoms with Gasteiger partial charge in [-0.05, 0) is 24.0 Å². The minimum Gasteiger partial charge on any atom is -0.472 e. The molecule has 88 valence electrons. The molecule has 1 saturated carbocycles. The fourth-order valence-corrected chi connectivity index (χ4v) is 2.55. The van der Waals surface area contributed by atoms with E-state index in [2.05, 4.69) is 0 Å². The Morgan fingerprint density at radius 2 is 2.12 bits per heavy atom. The van der Waals surface area contributed by atoms with Crippen molar-refractivity contribution in [2.45, 2.75) is 51.4 Å². The van der Waals surface area contributed by atoms with Gasteiger partial charge in [0.25, 0.3) is 0 Å². The molecule has 0 bridgehead atoms. The summed E-state index contributed by atoms with van der Waals surface area (Å²) in [4.78, 5) is 11.7. The van der Waals surface area contributed by atoms with Crippen molar-refractivity contribution in [2.75, 3.05) is 0 Å². The molecule has 0 aliphatic heterocycles. The summed E-state index contributed by atoms with van der Waals surface area (Å²) in [5.41, 5.74) is 1.01. The van der Waals surface area contributed by atoms with Gasteiger partial charge in [-0.2, -0.15) is 0 Å². The maximum atomic E-state index is 11.7. The van der Waals surface area contributed by atoms with Crippen LogP contribution in [0.3, 0.4) is 0 Å². The molecule has 1 aliphatic carbocycles. The molecule has 0 aromatic carbocycles. The van der Waals surface area contributed by atoms with E-state index in [1.807, 2.05) is 6.07 Å². The van der Waals surface area contributed by atoms with Crippen LogP contribution in [-0.2, 0) is 11.2 Å². The van der Waals surface area contributed by atoms with Crippen molar-refractivity contribution in [2.24, 2.45) is 5.92 Å². The summed E-state index contributed by atoms with van der Waals surface area (Å²) in [7, 11) is 0. The number of hydrogen-bond donors (Lipinski definition) is 0. The predicted molar refractivity (Wildman–Crippen MR) is 63.2 cm³/mol. The van der Waals surface area contributed by atoms with Gasteiger partial charge in [-0.15, -0.1) is 0 Å². The number of rotatable bonds is 5. The number of furan rings is 1. The van der Waals surface area contributed by atoms with Gasteiger partial charge in [0.15, 0.2) is 0 Å². The van der Waals surface area contributed by atoms with Crippen molar-refractivity contribution >= 4 is 5.78 Å². The second-order valence-corrected chi connectivity index (χ2v) is 4.89. The lowest BCUT2D eigenvalue weighted by molar-refractivity contribution is -0.118. The maximum Gasteiger partial charge on any atom is 0.137 e. The highest BCUT2D eigenvalue weighted by Gasteiger charge is 2.15. The number of Topliss-reactive ketones (excluding diaryl/α,β-unsaturated/α-hetero) is 1. The standard InChI is InChI=1S/C14H20O2/c15-14(10-13-8-9-16-11-13)7-6-12-4-2-1-3-5-12/h8-9,11-12H,1-7,10H2. The molecule has 1 fully saturated rings. The molecule has 0 N–H and O–H groups in total. The Hall–Kier alpha value is -1.05. The lowest BCUT2D eigenvalue weighted by atomic mass is 9.85. The van der Waals surface area contributed by atoms with Gasteiger partial charge in [0.05, 0.1) is 12.5 Å². The Balaban J connectivity index is 1.67. The molecular weight excluding hydrogens is 200 g/mol. The minimum atomic E-state index is 0.354. The van der Waals surface area contributed by atoms with E-state index in [1.54, 1.807) is 12.5 Å². The van der Waals surface area contributed by atoms with Crippen LogP contribution in [0.25, 0.3) is 0 Å². The highest BCUT2D eigenvalue weighted by Crippen LogP contribution is 2.27. The van der Waals surface area contributed by atoms with E-state index in [0.29, 0.717) is 12.2 Å². The normalized spacial score (nSPS) is 17.5. The first-order chi connectivity index (χ1) is 7.84. The Morgan fingerprint density at radius 3 is 2.81 bits per heavy atom. The van der Waals surface area contributed by atoms with Crippen LogP contribution in [0.5, 0.6) is 0 Å². The average Bonchev–Trinajstić information content (AvgIpc) is 2.81. The fourth-order valence-electron chi connectivity index (χ4n) is 2.55. The number of carbonyl (C=O) groups is 1. The SMILES string of the molecule is O=C(CCC1CCCCC1)Cc1ccoc1. The Kier molecular flexibility index (Phi) is 4.20. The molecule has 1 heterocycles. The Bertz CT molecular complexity index is 307. The smallest absolute Gasteiger partial charge is 0.137 e. The van der Waals surface area contributed by atoms with Gasteiger partial charge in [0.2, 0.25) is 0 Å². The Labute approximate surface area is 97.0 Å². The molecular formula is C14H20O2. The quantitative estimate of drug-likeness (QED) is 0.756. The maximum absolute atomic E-state index is 11.7. The van der Waals surface area contributed by atoms with E-state index in [4.69, 9.17) is 4.42 Å². The number of carbonyl (C=O) groups excluding carboxylic acids is 1. The lowest BCUT2D eigenvalue weighted by Gasteiger charge is -2.20. The minimum absolute atomic E-state index is 0.354. The lowest BCUT2D eigenvalue weighted by Crippen LogP contribution is -2.10. The van der Waals surface area contributed by atoms with E-state index in [9.17, 15) is 4.79 Å². The van der Waals surface area contributed by atoms with Crippen molar-refractivity contribution in [3.8, 4) is 0 Å². The number of hydrogen-bond acceptors (Lipinski definition) is 2. The molecule has 0 saturated heterocycles. The van der Waals surface area contributed by atoms with Crippen LogP contribution in [0, 0.1) is 5.92 Å². The van der Waals surface area contributed by atoms with Crippen LogP contribution in [0.4, 0.5) is 0 Å².